The molecule has 2 aromatic rings. The zero-order valence-electron chi connectivity index (χ0n) is 10.9. The van der Waals surface area contributed by atoms with E-state index < -0.39 is 15.9 Å². The quantitative estimate of drug-likeness (QED) is 0.743. The van der Waals surface area contributed by atoms with Crippen LogP contribution in [0.1, 0.15) is 23.2 Å². The van der Waals surface area contributed by atoms with Crippen LogP contribution in [0.5, 0.6) is 0 Å². The maximum atomic E-state index is 12.1. The number of benzene rings is 1. The predicted octanol–water partition coefficient (Wildman–Crippen LogP) is 0.498. The van der Waals surface area contributed by atoms with Gasteiger partial charge in [-0.25, -0.2) is 18.2 Å². The molecule has 1 aliphatic carbocycles. The van der Waals surface area contributed by atoms with Gasteiger partial charge in [-0.05, 0) is 31.0 Å². The Morgan fingerprint density at radius 2 is 2.14 bits per heavy atom. The van der Waals surface area contributed by atoms with Gasteiger partial charge in [-0.1, -0.05) is 6.07 Å². The van der Waals surface area contributed by atoms with E-state index in [4.69, 9.17) is 0 Å². The number of sulfonamides is 1. The van der Waals surface area contributed by atoms with E-state index in [0.29, 0.717) is 0 Å². The van der Waals surface area contributed by atoms with E-state index in [1.54, 1.807) is 0 Å². The number of hydrogen-bond acceptors (Lipinski definition) is 5. The van der Waals surface area contributed by atoms with Crippen molar-refractivity contribution in [2.24, 2.45) is 0 Å². The van der Waals surface area contributed by atoms with Gasteiger partial charge in [0.05, 0.1) is 4.90 Å². The minimum absolute atomic E-state index is 0.0154. The van der Waals surface area contributed by atoms with Crippen molar-refractivity contribution in [2.75, 3.05) is 5.32 Å². The van der Waals surface area contributed by atoms with Crippen LogP contribution in [0, 0.1) is 0 Å². The summed E-state index contributed by atoms with van der Waals surface area (Å²) in [5.74, 6) is -0.264. The normalized spacial score (nSPS) is 14.9. The minimum atomic E-state index is -3.58. The zero-order valence-corrected chi connectivity index (χ0v) is 11.7. The van der Waals surface area contributed by atoms with Gasteiger partial charge in [0, 0.05) is 11.6 Å². The van der Waals surface area contributed by atoms with E-state index in [0.717, 1.165) is 12.8 Å². The summed E-state index contributed by atoms with van der Waals surface area (Å²) in [6.45, 7) is 0. The number of amides is 1. The summed E-state index contributed by atoms with van der Waals surface area (Å²) in [4.78, 5) is 15.9. The van der Waals surface area contributed by atoms with Gasteiger partial charge in [-0.2, -0.15) is 10.1 Å². The second-order valence-electron chi connectivity index (χ2n) is 4.71. The van der Waals surface area contributed by atoms with E-state index in [1.807, 2.05) is 0 Å². The third-order valence-electron chi connectivity index (χ3n) is 2.95. The average Bonchev–Trinajstić information content (AvgIpc) is 3.11. The van der Waals surface area contributed by atoms with Gasteiger partial charge >= 0.3 is 0 Å². The van der Waals surface area contributed by atoms with Crippen molar-refractivity contribution < 1.29 is 13.2 Å². The molecule has 0 atom stereocenters. The fourth-order valence-corrected chi connectivity index (χ4v) is 3.09. The lowest BCUT2D eigenvalue weighted by molar-refractivity contribution is 0.102. The number of aromatic nitrogens is 3. The highest BCUT2D eigenvalue weighted by atomic mass is 32.2. The van der Waals surface area contributed by atoms with Crippen molar-refractivity contribution in [3.05, 3.63) is 36.2 Å². The van der Waals surface area contributed by atoms with E-state index in [1.165, 1.54) is 30.6 Å². The molecule has 1 aromatic heterocycles. The van der Waals surface area contributed by atoms with Crippen LogP contribution in [0.4, 0.5) is 5.95 Å². The van der Waals surface area contributed by atoms with Crippen molar-refractivity contribution in [3.8, 4) is 0 Å². The third kappa shape index (κ3) is 3.26. The highest BCUT2D eigenvalue weighted by molar-refractivity contribution is 7.89. The van der Waals surface area contributed by atoms with Crippen LogP contribution >= 0.6 is 0 Å². The van der Waals surface area contributed by atoms with Crippen LogP contribution in [0.3, 0.4) is 0 Å². The number of nitrogens with zero attached hydrogens (tertiary/aromatic N) is 2. The summed E-state index contributed by atoms with van der Waals surface area (Å²) in [6, 6.07) is 5.85. The van der Waals surface area contributed by atoms with Crippen LogP contribution in [-0.2, 0) is 10.0 Å². The van der Waals surface area contributed by atoms with E-state index in [9.17, 15) is 13.2 Å². The minimum Gasteiger partial charge on any atom is -0.291 e. The third-order valence-corrected chi connectivity index (χ3v) is 4.47. The van der Waals surface area contributed by atoms with Crippen LogP contribution in [0.2, 0.25) is 0 Å². The van der Waals surface area contributed by atoms with Gasteiger partial charge in [0.1, 0.15) is 6.33 Å². The summed E-state index contributed by atoms with van der Waals surface area (Å²) < 4.78 is 26.8. The molecular formula is C12H13N5O3S. The summed E-state index contributed by atoms with van der Waals surface area (Å²) >= 11 is 0. The Labute approximate surface area is 121 Å². The maximum absolute atomic E-state index is 12.1. The van der Waals surface area contributed by atoms with Gasteiger partial charge < -0.3 is 0 Å². The molecule has 1 amide bonds. The summed E-state index contributed by atoms with van der Waals surface area (Å²) in [7, 11) is -3.58. The Morgan fingerprint density at radius 3 is 2.81 bits per heavy atom. The molecule has 110 valence electrons. The maximum Gasteiger partial charge on any atom is 0.258 e. The Balaban J connectivity index is 1.80. The topological polar surface area (TPSA) is 117 Å². The average molecular weight is 307 g/mol. The SMILES string of the molecule is O=C(Nc1ncn[nH]1)c1cccc(S(=O)(=O)NC2CC2)c1. The van der Waals surface area contributed by atoms with Crippen LogP contribution in [0.15, 0.2) is 35.5 Å². The fourth-order valence-electron chi connectivity index (χ4n) is 1.74. The molecule has 1 fully saturated rings. The van der Waals surface area contributed by atoms with Gasteiger partial charge in [0.25, 0.3) is 5.91 Å². The van der Waals surface area contributed by atoms with Crippen molar-refractivity contribution in [1.82, 2.24) is 19.9 Å². The molecule has 21 heavy (non-hydrogen) atoms. The van der Waals surface area contributed by atoms with Crippen LogP contribution in [0.25, 0.3) is 0 Å². The first-order valence-electron chi connectivity index (χ1n) is 6.34. The molecule has 0 bridgehead atoms. The van der Waals surface area contributed by atoms with Gasteiger partial charge in [-0.15, -0.1) is 0 Å². The Morgan fingerprint density at radius 1 is 1.33 bits per heavy atom. The molecular weight excluding hydrogens is 294 g/mol. The molecule has 1 heterocycles. The second kappa shape index (κ2) is 5.26. The van der Waals surface area contributed by atoms with Gasteiger partial charge in [0.15, 0.2) is 0 Å². The molecule has 0 saturated heterocycles. The monoisotopic (exact) mass is 307 g/mol. The molecule has 0 radical (unpaired) electrons. The smallest absolute Gasteiger partial charge is 0.258 e. The predicted molar refractivity (Wildman–Crippen MR) is 74.1 cm³/mol. The lowest BCUT2D eigenvalue weighted by Crippen LogP contribution is -2.26. The zero-order chi connectivity index (χ0) is 14.9. The van der Waals surface area contributed by atoms with Gasteiger partial charge in [-0.3, -0.25) is 10.1 Å². The first-order valence-corrected chi connectivity index (χ1v) is 7.82. The van der Waals surface area contributed by atoms with E-state index >= 15 is 0 Å². The molecule has 1 aliphatic rings. The number of anilines is 1. The highest BCUT2D eigenvalue weighted by Crippen LogP contribution is 2.22. The molecule has 3 rings (SSSR count). The summed E-state index contributed by atoms with van der Waals surface area (Å²) in [6.07, 6.45) is 2.96. The molecule has 1 aromatic carbocycles. The fraction of sp³-hybridized carbons (Fsp3) is 0.250. The highest BCUT2D eigenvalue weighted by Gasteiger charge is 2.28. The summed E-state index contributed by atoms with van der Waals surface area (Å²) in [5.41, 5.74) is 0.227. The molecule has 0 aliphatic heterocycles. The van der Waals surface area contributed by atoms with Gasteiger partial charge in [0.2, 0.25) is 16.0 Å². The number of H-pyrrole nitrogens is 1. The number of aromatic amines is 1. The van der Waals surface area contributed by atoms with Crippen molar-refractivity contribution in [2.45, 2.75) is 23.8 Å². The molecule has 1 saturated carbocycles. The lowest BCUT2D eigenvalue weighted by atomic mass is 10.2. The van der Waals surface area contributed by atoms with Crippen molar-refractivity contribution >= 4 is 21.9 Å². The van der Waals surface area contributed by atoms with Crippen LogP contribution in [-0.4, -0.2) is 35.5 Å². The Bertz CT molecular complexity index is 753. The van der Waals surface area contributed by atoms with Crippen molar-refractivity contribution in [3.63, 3.8) is 0 Å². The summed E-state index contributed by atoms with van der Waals surface area (Å²) in [5, 5.41) is 8.59. The second-order valence-corrected chi connectivity index (χ2v) is 6.43. The first-order chi connectivity index (χ1) is 10.0. The van der Waals surface area contributed by atoms with E-state index in [-0.39, 0.29) is 22.4 Å². The number of hydrogen-bond donors (Lipinski definition) is 3. The number of nitrogens with one attached hydrogen (secondary N) is 3. The molecule has 0 unspecified atom stereocenters. The van der Waals surface area contributed by atoms with E-state index in [2.05, 4.69) is 25.2 Å². The molecule has 9 heteroatoms. The molecule has 8 nitrogen and oxygen atoms in total. The standard InChI is InChI=1S/C12H13N5O3S/c18-11(15-12-13-7-14-16-12)8-2-1-3-10(6-8)21(19,20)17-9-4-5-9/h1-3,6-7,9,17H,4-5H2,(H2,13,14,15,16,18). The number of carbonyl (C=O) groups is 1. The number of rotatable bonds is 5. The first kappa shape index (κ1) is 13.7. The Kier molecular flexibility index (Phi) is 3.43. The molecule has 3 N–H and O–H groups in total. The molecule has 0 spiro atoms. The van der Waals surface area contributed by atoms with Crippen molar-refractivity contribution in [1.29, 1.82) is 0 Å². The van der Waals surface area contributed by atoms with Crippen LogP contribution < -0.4 is 10.0 Å². The lowest BCUT2D eigenvalue weighted by Gasteiger charge is -2.07. The number of carbonyl (C=O) groups excluding carboxylic acids is 1. The Hall–Kier alpha value is -2.26. The largest absolute Gasteiger partial charge is 0.291 e.